The first-order valence-corrected chi connectivity index (χ1v) is 6.67. The van der Waals surface area contributed by atoms with Gasteiger partial charge in [0.2, 0.25) is 0 Å². The molecule has 2 rings (SSSR count). The van der Waals surface area contributed by atoms with Crippen molar-refractivity contribution in [2.24, 2.45) is 5.92 Å². The van der Waals surface area contributed by atoms with Gasteiger partial charge in [-0.1, -0.05) is 18.5 Å². The van der Waals surface area contributed by atoms with Crippen LogP contribution in [0.2, 0.25) is 5.02 Å². The molecule has 0 amide bonds. The third-order valence-electron chi connectivity index (χ3n) is 3.68. The minimum Gasteiger partial charge on any atom is -0.480 e. The molecule has 1 fully saturated rings. The fraction of sp³-hybridized carbons (Fsp3) is 0.462. The summed E-state index contributed by atoms with van der Waals surface area (Å²) in [4.78, 5) is 23.3. The number of nitro groups is 1. The maximum Gasteiger partial charge on any atom is 0.321 e. The normalized spacial score (nSPS) is 22.9. The summed E-state index contributed by atoms with van der Waals surface area (Å²) in [7, 11) is 0. The van der Waals surface area contributed by atoms with Crippen LogP contribution in [0.5, 0.6) is 0 Å². The van der Waals surface area contributed by atoms with E-state index in [1.54, 1.807) is 6.07 Å². The topological polar surface area (TPSA) is 83.7 Å². The highest BCUT2D eigenvalue weighted by atomic mass is 35.5. The molecule has 2 atom stereocenters. The number of nitro benzene ring substituents is 1. The lowest BCUT2D eigenvalue weighted by atomic mass is 10.0. The lowest BCUT2D eigenvalue weighted by Gasteiger charge is -2.23. The molecule has 1 aromatic carbocycles. The summed E-state index contributed by atoms with van der Waals surface area (Å²) < 4.78 is 0. The van der Waals surface area contributed by atoms with E-state index in [0.717, 1.165) is 6.42 Å². The Kier molecular flexibility index (Phi) is 4.25. The quantitative estimate of drug-likeness (QED) is 0.682. The smallest absolute Gasteiger partial charge is 0.321 e. The highest BCUT2D eigenvalue weighted by Gasteiger charge is 2.36. The molecule has 108 valence electrons. The van der Waals surface area contributed by atoms with Gasteiger partial charge in [-0.15, -0.1) is 0 Å². The monoisotopic (exact) mass is 298 g/mol. The van der Waals surface area contributed by atoms with E-state index in [-0.39, 0.29) is 11.6 Å². The Morgan fingerprint density at radius 2 is 2.30 bits per heavy atom. The molecule has 20 heavy (non-hydrogen) atoms. The van der Waals surface area contributed by atoms with Crippen LogP contribution in [0.25, 0.3) is 0 Å². The maximum atomic E-state index is 11.3. The molecule has 0 aliphatic carbocycles. The first-order valence-electron chi connectivity index (χ1n) is 6.30. The molecular formula is C13H15ClN2O4. The highest BCUT2D eigenvalue weighted by Crippen LogP contribution is 2.29. The standard InChI is InChI=1S/C13H15ClN2O4/c1-8-4-5-15(12(8)13(17)18)7-9-2-3-10(16(19)20)6-11(9)14/h2-3,6,8,12H,4-5,7H2,1H3,(H,17,18). The molecule has 6 nitrogen and oxygen atoms in total. The van der Waals surface area contributed by atoms with Gasteiger partial charge < -0.3 is 5.11 Å². The molecule has 1 aliphatic heterocycles. The van der Waals surface area contributed by atoms with Gasteiger partial charge in [0.25, 0.3) is 5.69 Å². The van der Waals surface area contributed by atoms with E-state index in [1.807, 2.05) is 11.8 Å². The van der Waals surface area contributed by atoms with Gasteiger partial charge in [-0.05, 0) is 30.5 Å². The predicted molar refractivity (Wildman–Crippen MR) is 73.7 cm³/mol. The second-order valence-corrected chi connectivity index (χ2v) is 5.46. The van der Waals surface area contributed by atoms with Crippen LogP contribution in [-0.4, -0.2) is 33.5 Å². The summed E-state index contributed by atoms with van der Waals surface area (Å²) in [5, 5.41) is 20.2. The molecule has 1 aromatic rings. The average Bonchev–Trinajstić information content (AvgIpc) is 2.72. The van der Waals surface area contributed by atoms with Gasteiger partial charge in [0.1, 0.15) is 6.04 Å². The second kappa shape index (κ2) is 5.76. The number of carboxylic acids is 1. The number of nitrogens with zero attached hydrogens (tertiary/aromatic N) is 2. The zero-order valence-electron chi connectivity index (χ0n) is 11.0. The Morgan fingerprint density at radius 3 is 2.85 bits per heavy atom. The summed E-state index contributed by atoms with van der Waals surface area (Å²) >= 11 is 6.04. The summed E-state index contributed by atoms with van der Waals surface area (Å²) in [6.07, 6.45) is 0.821. The molecule has 7 heteroatoms. The molecule has 0 radical (unpaired) electrons. The van der Waals surface area contributed by atoms with Crippen molar-refractivity contribution in [2.75, 3.05) is 6.54 Å². The first kappa shape index (κ1) is 14.7. The third-order valence-corrected chi connectivity index (χ3v) is 4.03. The van der Waals surface area contributed by atoms with E-state index in [0.29, 0.717) is 23.7 Å². The van der Waals surface area contributed by atoms with Gasteiger partial charge in [0, 0.05) is 18.7 Å². The summed E-state index contributed by atoms with van der Waals surface area (Å²) in [6.45, 7) is 2.99. The Hall–Kier alpha value is -1.66. The number of hydrogen-bond acceptors (Lipinski definition) is 4. The van der Waals surface area contributed by atoms with Gasteiger partial charge in [0.15, 0.2) is 0 Å². The van der Waals surface area contributed by atoms with E-state index in [4.69, 9.17) is 11.6 Å². The lowest BCUT2D eigenvalue weighted by Crippen LogP contribution is -2.38. The third kappa shape index (κ3) is 2.91. The second-order valence-electron chi connectivity index (χ2n) is 5.05. The zero-order chi connectivity index (χ0) is 14.9. The van der Waals surface area contributed by atoms with Crippen LogP contribution in [0.3, 0.4) is 0 Å². The van der Waals surface area contributed by atoms with Gasteiger partial charge >= 0.3 is 5.97 Å². The first-order chi connectivity index (χ1) is 9.40. The predicted octanol–water partition coefficient (Wildman–Crippen LogP) is 2.54. The summed E-state index contributed by atoms with van der Waals surface area (Å²) in [6, 6.07) is 3.74. The van der Waals surface area contributed by atoms with E-state index < -0.39 is 16.9 Å². The van der Waals surface area contributed by atoms with Crippen LogP contribution in [0.4, 0.5) is 5.69 Å². The van der Waals surface area contributed by atoms with Gasteiger partial charge in [-0.3, -0.25) is 19.8 Å². The molecule has 1 aliphatic rings. The van der Waals surface area contributed by atoms with E-state index >= 15 is 0 Å². The minimum absolute atomic E-state index is 0.0664. The number of aliphatic carboxylic acids is 1. The molecule has 1 N–H and O–H groups in total. The van der Waals surface area contributed by atoms with Gasteiger partial charge in [-0.25, -0.2) is 0 Å². The van der Waals surface area contributed by atoms with Crippen LogP contribution in [0.1, 0.15) is 18.9 Å². The number of carboxylic acid groups (broad SMARTS) is 1. The van der Waals surface area contributed by atoms with Crippen molar-refractivity contribution in [3.05, 3.63) is 38.9 Å². The van der Waals surface area contributed by atoms with Crippen molar-refractivity contribution in [3.63, 3.8) is 0 Å². The van der Waals surface area contributed by atoms with Crippen molar-refractivity contribution < 1.29 is 14.8 Å². The largest absolute Gasteiger partial charge is 0.480 e. The van der Waals surface area contributed by atoms with E-state index in [1.165, 1.54) is 12.1 Å². The fourth-order valence-electron chi connectivity index (χ4n) is 2.60. The molecule has 0 aromatic heterocycles. The fourth-order valence-corrected chi connectivity index (χ4v) is 2.83. The molecule has 2 unspecified atom stereocenters. The Bertz CT molecular complexity index is 549. The average molecular weight is 299 g/mol. The number of rotatable bonds is 4. The van der Waals surface area contributed by atoms with Crippen LogP contribution >= 0.6 is 11.6 Å². The van der Waals surface area contributed by atoms with Crippen LogP contribution in [-0.2, 0) is 11.3 Å². The summed E-state index contributed by atoms with van der Waals surface area (Å²) in [5.41, 5.74) is 0.640. The van der Waals surface area contributed by atoms with Crippen LogP contribution < -0.4 is 0 Å². The van der Waals surface area contributed by atoms with Crippen LogP contribution in [0, 0.1) is 16.0 Å². The number of non-ortho nitro benzene ring substituents is 1. The van der Waals surface area contributed by atoms with Crippen molar-refractivity contribution in [3.8, 4) is 0 Å². The van der Waals surface area contributed by atoms with Crippen molar-refractivity contribution in [1.82, 2.24) is 4.90 Å². The number of benzene rings is 1. The van der Waals surface area contributed by atoms with Gasteiger partial charge in [-0.2, -0.15) is 0 Å². The maximum absolute atomic E-state index is 11.3. The number of halogens is 1. The number of likely N-dealkylation sites (tertiary alicyclic amines) is 1. The number of carbonyl (C=O) groups is 1. The molecule has 0 spiro atoms. The zero-order valence-corrected chi connectivity index (χ0v) is 11.7. The molecular weight excluding hydrogens is 284 g/mol. The van der Waals surface area contributed by atoms with Crippen molar-refractivity contribution in [2.45, 2.75) is 25.9 Å². The lowest BCUT2D eigenvalue weighted by molar-refractivity contribution is -0.384. The van der Waals surface area contributed by atoms with Crippen molar-refractivity contribution in [1.29, 1.82) is 0 Å². The molecule has 0 bridgehead atoms. The van der Waals surface area contributed by atoms with Crippen LogP contribution in [0.15, 0.2) is 18.2 Å². The van der Waals surface area contributed by atoms with E-state index in [2.05, 4.69) is 0 Å². The number of hydrogen-bond donors (Lipinski definition) is 1. The highest BCUT2D eigenvalue weighted by molar-refractivity contribution is 6.31. The molecule has 0 saturated carbocycles. The Balaban J connectivity index is 2.18. The summed E-state index contributed by atoms with van der Waals surface area (Å²) in [5.74, 6) is -0.752. The van der Waals surface area contributed by atoms with E-state index in [9.17, 15) is 20.0 Å². The van der Waals surface area contributed by atoms with Gasteiger partial charge in [0.05, 0.1) is 9.95 Å². The Labute approximate surface area is 121 Å². The van der Waals surface area contributed by atoms with Crippen molar-refractivity contribution >= 4 is 23.3 Å². The minimum atomic E-state index is -0.840. The molecule has 1 heterocycles. The Morgan fingerprint density at radius 1 is 1.60 bits per heavy atom. The SMILES string of the molecule is CC1CCN(Cc2ccc([N+](=O)[O-])cc2Cl)C1C(=O)O. The molecule has 1 saturated heterocycles.